The van der Waals surface area contributed by atoms with E-state index in [9.17, 15) is 9.59 Å². The molecular weight excluding hydrogens is 260 g/mol. The molecule has 2 amide bonds. The number of amides is 2. The van der Waals surface area contributed by atoms with Crippen molar-refractivity contribution in [2.45, 2.75) is 51.1 Å². The number of carboxylic acid groups (broad SMARTS) is 1. The number of carbonyl (C=O) groups is 2. The van der Waals surface area contributed by atoms with E-state index in [0.29, 0.717) is 13.2 Å². The van der Waals surface area contributed by atoms with Crippen LogP contribution in [0.5, 0.6) is 0 Å². The van der Waals surface area contributed by atoms with Crippen molar-refractivity contribution in [3.63, 3.8) is 0 Å². The second-order valence-corrected chi connectivity index (χ2v) is 5.70. The highest BCUT2D eigenvalue weighted by molar-refractivity contribution is 5.83. The molecule has 20 heavy (non-hydrogen) atoms. The van der Waals surface area contributed by atoms with Crippen molar-refractivity contribution in [3.05, 3.63) is 0 Å². The molecule has 2 N–H and O–H groups in total. The quantitative estimate of drug-likeness (QED) is 0.822. The Morgan fingerprint density at radius 1 is 1.30 bits per heavy atom. The van der Waals surface area contributed by atoms with Crippen LogP contribution in [-0.4, -0.2) is 53.8 Å². The van der Waals surface area contributed by atoms with Gasteiger partial charge in [-0.15, -0.1) is 0 Å². The summed E-state index contributed by atoms with van der Waals surface area (Å²) in [6.07, 6.45) is 5.48. The molecule has 1 aliphatic carbocycles. The van der Waals surface area contributed by atoms with Crippen molar-refractivity contribution < 1.29 is 19.4 Å². The zero-order valence-electron chi connectivity index (χ0n) is 12.0. The smallest absolute Gasteiger partial charge is 0.328 e. The molecule has 0 bridgehead atoms. The average molecular weight is 284 g/mol. The third kappa shape index (κ3) is 3.62. The maximum Gasteiger partial charge on any atom is 0.328 e. The zero-order valence-corrected chi connectivity index (χ0v) is 12.0. The first-order valence-electron chi connectivity index (χ1n) is 7.49. The van der Waals surface area contributed by atoms with Gasteiger partial charge in [-0.3, -0.25) is 0 Å². The van der Waals surface area contributed by atoms with Gasteiger partial charge >= 0.3 is 12.0 Å². The number of nitrogens with zero attached hydrogens (tertiary/aromatic N) is 1. The lowest BCUT2D eigenvalue weighted by molar-refractivity contribution is -0.147. The van der Waals surface area contributed by atoms with E-state index in [-0.39, 0.29) is 18.7 Å². The van der Waals surface area contributed by atoms with Crippen molar-refractivity contribution in [1.29, 1.82) is 0 Å². The summed E-state index contributed by atoms with van der Waals surface area (Å²) in [7, 11) is 0. The van der Waals surface area contributed by atoms with Crippen LogP contribution in [0.15, 0.2) is 0 Å². The molecular formula is C14H24N2O4. The van der Waals surface area contributed by atoms with Crippen LogP contribution in [0.4, 0.5) is 4.79 Å². The molecule has 1 aliphatic heterocycles. The monoisotopic (exact) mass is 284 g/mol. The van der Waals surface area contributed by atoms with E-state index in [2.05, 4.69) is 12.2 Å². The standard InChI is InChI=1S/C14H24N2O4/c1-2-10-3-5-11(6-4-10)15-14(19)16-7-8-20-9-12(16)13(17)18/h10-12H,2-9H2,1H3,(H,15,19)(H,17,18). The van der Waals surface area contributed by atoms with E-state index in [0.717, 1.165) is 31.6 Å². The van der Waals surface area contributed by atoms with Gasteiger partial charge in [-0.2, -0.15) is 0 Å². The van der Waals surface area contributed by atoms with Crippen molar-refractivity contribution in [1.82, 2.24) is 10.2 Å². The van der Waals surface area contributed by atoms with Gasteiger partial charge < -0.3 is 20.1 Å². The van der Waals surface area contributed by atoms with Crippen LogP contribution in [0.1, 0.15) is 39.0 Å². The maximum atomic E-state index is 12.2. The van der Waals surface area contributed by atoms with Gasteiger partial charge in [0.05, 0.1) is 13.2 Å². The molecule has 1 saturated carbocycles. The van der Waals surface area contributed by atoms with Crippen LogP contribution in [0.2, 0.25) is 0 Å². The lowest BCUT2D eigenvalue weighted by atomic mass is 9.84. The molecule has 0 aromatic rings. The summed E-state index contributed by atoms with van der Waals surface area (Å²) in [5, 5.41) is 12.1. The van der Waals surface area contributed by atoms with Crippen molar-refractivity contribution in [2.24, 2.45) is 5.92 Å². The van der Waals surface area contributed by atoms with Crippen molar-refractivity contribution in [2.75, 3.05) is 19.8 Å². The largest absolute Gasteiger partial charge is 0.480 e. The second-order valence-electron chi connectivity index (χ2n) is 5.70. The van der Waals surface area contributed by atoms with Crippen molar-refractivity contribution in [3.8, 4) is 0 Å². The molecule has 2 aliphatic rings. The molecule has 1 saturated heterocycles. The minimum Gasteiger partial charge on any atom is -0.480 e. The normalized spacial score (nSPS) is 30.9. The first-order valence-corrected chi connectivity index (χ1v) is 7.49. The fourth-order valence-electron chi connectivity index (χ4n) is 3.02. The number of hydrogen-bond acceptors (Lipinski definition) is 3. The van der Waals surface area contributed by atoms with E-state index in [1.165, 1.54) is 11.3 Å². The summed E-state index contributed by atoms with van der Waals surface area (Å²) < 4.78 is 5.14. The number of aliphatic carboxylic acids is 1. The number of carbonyl (C=O) groups excluding carboxylic acids is 1. The van der Waals surface area contributed by atoms with E-state index in [4.69, 9.17) is 9.84 Å². The Bertz CT molecular complexity index is 353. The maximum absolute atomic E-state index is 12.2. The molecule has 1 heterocycles. The number of hydrogen-bond donors (Lipinski definition) is 2. The van der Waals surface area contributed by atoms with Gasteiger partial charge in [0.25, 0.3) is 0 Å². The summed E-state index contributed by atoms with van der Waals surface area (Å²) in [6, 6.07) is -0.945. The minimum absolute atomic E-state index is 0.0747. The van der Waals surface area contributed by atoms with Gasteiger partial charge in [0.2, 0.25) is 0 Å². The topological polar surface area (TPSA) is 78.9 Å². The van der Waals surface area contributed by atoms with E-state index >= 15 is 0 Å². The van der Waals surface area contributed by atoms with Crippen LogP contribution >= 0.6 is 0 Å². The molecule has 6 nitrogen and oxygen atoms in total. The summed E-state index contributed by atoms with van der Waals surface area (Å²) in [5.41, 5.74) is 0. The Labute approximate surface area is 119 Å². The van der Waals surface area contributed by atoms with E-state index in [1.807, 2.05) is 0 Å². The molecule has 2 fully saturated rings. The van der Waals surface area contributed by atoms with Crippen LogP contribution in [0, 0.1) is 5.92 Å². The third-order valence-electron chi connectivity index (χ3n) is 4.43. The molecule has 114 valence electrons. The van der Waals surface area contributed by atoms with Crippen molar-refractivity contribution >= 4 is 12.0 Å². The Morgan fingerprint density at radius 2 is 2.00 bits per heavy atom. The van der Waals surface area contributed by atoms with Gasteiger partial charge in [0, 0.05) is 12.6 Å². The summed E-state index contributed by atoms with van der Waals surface area (Å²) >= 11 is 0. The van der Waals surface area contributed by atoms with Gasteiger partial charge in [0.15, 0.2) is 6.04 Å². The number of carboxylic acids is 1. The predicted octanol–water partition coefficient (Wildman–Crippen LogP) is 1.45. The fraction of sp³-hybridized carbons (Fsp3) is 0.857. The SMILES string of the molecule is CCC1CCC(NC(=O)N2CCOCC2C(=O)O)CC1. The predicted molar refractivity (Wildman–Crippen MR) is 73.5 cm³/mol. The molecule has 0 aromatic carbocycles. The molecule has 1 atom stereocenters. The van der Waals surface area contributed by atoms with Gasteiger partial charge in [-0.1, -0.05) is 13.3 Å². The number of ether oxygens (including phenoxy) is 1. The van der Waals surface area contributed by atoms with Crippen LogP contribution in [0.3, 0.4) is 0 Å². The number of urea groups is 1. The molecule has 0 aromatic heterocycles. The molecule has 1 unspecified atom stereocenters. The van der Waals surface area contributed by atoms with Crippen LogP contribution in [-0.2, 0) is 9.53 Å². The first-order chi connectivity index (χ1) is 9.61. The third-order valence-corrected chi connectivity index (χ3v) is 4.43. The average Bonchev–Trinajstić information content (AvgIpc) is 2.48. The Balaban J connectivity index is 1.86. The van der Waals surface area contributed by atoms with Crippen LogP contribution < -0.4 is 5.32 Å². The number of nitrogens with one attached hydrogen (secondary N) is 1. The van der Waals surface area contributed by atoms with Gasteiger partial charge in [-0.25, -0.2) is 9.59 Å². The number of morpholine rings is 1. The summed E-state index contributed by atoms with van der Waals surface area (Å²) in [4.78, 5) is 24.8. The van der Waals surface area contributed by atoms with Gasteiger partial charge in [-0.05, 0) is 31.6 Å². The first kappa shape index (κ1) is 15.1. The Kier molecular flexibility index (Phi) is 5.23. The molecule has 0 radical (unpaired) electrons. The fourth-order valence-corrected chi connectivity index (χ4v) is 3.02. The summed E-state index contributed by atoms with van der Waals surface area (Å²) in [6.45, 7) is 3.02. The lowest BCUT2D eigenvalue weighted by Crippen LogP contribution is -2.57. The Morgan fingerprint density at radius 3 is 2.60 bits per heavy atom. The highest BCUT2D eigenvalue weighted by Crippen LogP contribution is 2.26. The van der Waals surface area contributed by atoms with Gasteiger partial charge in [0.1, 0.15) is 0 Å². The summed E-state index contributed by atoms with van der Waals surface area (Å²) in [5.74, 6) is -0.229. The molecule has 2 rings (SSSR count). The van der Waals surface area contributed by atoms with E-state index < -0.39 is 12.0 Å². The highest BCUT2D eigenvalue weighted by atomic mass is 16.5. The molecule has 6 heteroatoms. The lowest BCUT2D eigenvalue weighted by Gasteiger charge is -2.35. The number of rotatable bonds is 3. The van der Waals surface area contributed by atoms with E-state index in [1.54, 1.807) is 0 Å². The zero-order chi connectivity index (χ0) is 14.5. The Hall–Kier alpha value is -1.30. The molecule has 0 spiro atoms. The minimum atomic E-state index is -1.01. The van der Waals surface area contributed by atoms with Crippen LogP contribution in [0.25, 0.3) is 0 Å². The highest BCUT2D eigenvalue weighted by Gasteiger charge is 2.34. The second kappa shape index (κ2) is 6.92.